The van der Waals surface area contributed by atoms with Crippen LogP contribution in [-0.2, 0) is 10.0 Å². The molecule has 2 aromatic rings. The first kappa shape index (κ1) is 23.8. The van der Waals surface area contributed by atoms with Gasteiger partial charge in [-0.1, -0.05) is 11.6 Å². The maximum Gasteiger partial charge on any atom is 0.261 e. The molecule has 0 saturated carbocycles. The number of hydrogen-bond donors (Lipinski definition) is 2. The van der Waals surface area contributed by atoms with Crippen LogP contribution in [-0.4, -0.2) is 83.5 Å². The average Bonchev–Trinajstić information content (AvgIpc) is 3.03. The van der Waals surface area contributed by atoms with E-state index < -0.39 is 10.0 Å². The summed E-state index contributed by atoms with van der Waals surface area (Å²) in [6.45, 7) is 6.24. The molecule has 8 nitrogen and oxygen atoms in total. The summed E-state index contributed by atoms with van der Waals surface area (Å²) in [5.74, 6) is -0.0795. The van der Waals surface area contributed by atoms with Gasteiger partial charge in [-0.3, -0.25) is 9.52 Å². The van der Waals surface area contributed by atoms with Crippen LogP contribution >= 0.6 is 11.6 Å². The van der Waals surface area contributed by atoms with Gasteiger partial charge in [0.15, 0.2) is 0 Å². The van der Waals surface area contributed by atoms with Gasteiger partial charge in [0.1, 0.15) is 0 Å². The van der Waals surface area contributed by atoms with Crippen molar-refractivity contribution in [2.24, 2.45) is 0 Å². The summed E-state index contributed by atoms with van der Waals surface area (Å²) in [4.78, 5) is 19.6. The molecule has 4 rings (SSSR count). The minimum absolute atomic E-state index is 0.0795. The highest BCUT2D eigenvalue weighted by Gasteiger charge is 2.24. The molecule has 0 atom stereocenters. The van der Waals surface area contributed by atoms with Gasteiger partial charge in [0.2, 0.25) is 0 Å². The van der Waals surface area contributed by atoms with E-state index in [9.17, 15) is 13.2 Å². The molecule has 2 saturated heterocycles. The van der Waals surface area contributed by atoms with E-state index in [1.165, 1.54) is 12.1 Å². The van der Waals surface area contributed by atoms with E-state index in [0.717, 1.165) is 51.4 Å². The Morgan fingerprint density at radius 3 is 2.42 bits per heavy atom. The second-order valence-corrected chi connectivity index (χ2v) is 10.6. The van der Waals surface area contributed by atoms with Gasteiger partial charge in [-0.25, -0.2) is 8.42 Å². The molecule has 2 fully saturated rings. The number of halogens is 1. The first-order chi connectivity index (χ1) is 15.8. The minimum Gasteiger partial charge on any atom is -0.367 e. The van der Waals surface area contributed by atoms with Crippen molar-refractivity contribution < 1.29 is 13.2 Å². The van der Waals surface area contributed by atoms with Crippen LogP contribution < -0.4 is 14.9 Å². The SMILES string of the molecule is CN1CCCN(C(=O)c2ccc(N3CCNCC3)c(NS(=O)(=O)c3ccc(Cl)cc3)c2)CC1. The van der Waals surface area contributed by atoms with Crippen LogP contribution in [0.2, 0.25) is 5.02 Å². The number of hydrogen-bond acceptors (Lipinski definition) is 6. The number of rotatable bonds is 5. The lowest BCUT2D eigenvalue weighted by molar-refractivity contribution is 0.0763. The molecule has 33 heavy (non-hydrogen) atoms. The van der Waals surface area contributed by atoms with E-state index >= 15 is 0 Å². The van der Waals surface area contributed by atoms with Crippen molar-refractivity contribution in [2.45, 2.75) is 11.3 Å². The van der Waals surface area contributed by atoms with Crippen LogP contribution in [0.25, 0.3) is 0 Å². The van der Waals surface area contributed by atoms with E-state index in [-0.39, 0.29) is 10.8 Å². The second kappa shape index (κ2) is 10.3. The molecule has 1 amide bonds. The van der Waals surface area contributed by atoms with Crippen LogP contribution in [0, 0.1) is 0 Å². The number of sulfonamides is 1. The standard InChI is InChI=1S/C23H30ClN5O3S/c1-27-11-2-12-29(16-15-27)23(30)18-3-8-22(28-13-9-25-10-14-28)21(17-18)26-33(31,32)20-6-4-19(24)5-7-20/h3-8,17,25-26H,2,9-16H2,1H3. The van der Waals surface area contributed by atoms with Crippen LogP contribution in [0.1, 0.15) is 16.8 Å². The predicted octanol–water partition coefficient (Wildman–Crippen LogP) is 2.33. The maximum absolute atomic E-state index is 13.3. The molecule has 0 spiro atoms. The first-order valence-corrected chi connectivity index (χ1v) is 13.1. The lowest BCUT2D eigenvalue weighted by Crippen LogP contribution is -2.43. The Balaban J connectivity index is 1.66. The van der Waals surface area contributed by atoms with E-state index in [4.69, 9.17) is 11.6 Å². The lowest BCUT2D eigenvalue weighted by Gasteiger charge is -2.31. The van der Waals surface area contributed by atoms with Gasteiger partial charge in [0.25, 0.3) is 15.9 Å². The van der Waals surface area contributed by atoms with Gasteiger partial charge < -0.3 is 20.0 Å². The number of likely N-dealkylation sites (N-methyl/N-ethyl adjacent to an activating group) is 1. The third-order valence-electron chi connectivity index (χ3n) is 6.08. The van der Waals surface area contributed by atoms with E-state index in [0.29, 0.717) is 29.4 Å². The van der Waals surface area contributed by atoms with Crippen molar-refractivity contribution in [3.63, 3.8) is 0 Å². The van der Waals surface area contributed by atoms with Gasteiger partial charge >= 0.3 is 0 Å². The van der Waals surface area contributed by atoms with Gasteiger partial charge in [-0.2, -0.15) is 0 Å². The monoisotopic (exact) mass is 491 g/mol. The van der Waals surface area contributed by atoms with Crippen molar-refractivity contribution in [3.8, 4) is 0 Å². The van der Waals surface area contributed by atoms with Gasteiger partial charge in [-0.15, -0.1) is 0 Å². The second-order valence-electron chi connectivity index (χ2n) is 8.48. The fourth-order valence-electron chi connectivity index (χ4n) is 4.18. The smallest absolute Gasteiger partial charge is 0.261 e. The topological polar surface area (TPSA) is 85.0 Å². The summed E-state index contributed by atoms with van der Waals surface area (Å²) in [6, 6.07) is 11.3. The van der Waals surface area contributed by atoms with E-state index in [2.05, 4.69) is 26.9 Å². The predicted molar refractivity (Wildman–Crippen MR) is 132 cm³/mol. The molecule has 0 unspecified atom stereocenters. The highest BCUT2D eigenvalue weighted by atomic mass is 35.5. The molecule has 0 aromatic heterocycles. The molecule has 0 aliphatic carbocycles. The molecule has 2 heterocycles. The summed E-state index contributed by atoms with van der Waals surface area (Å²) in [7, 11) is -1.80. The van der Waals surface area contributed by atoms with Crippen LogP contribution in [0.5, 0.6) is 0 Å². The van der Waals surface area contributed by atoms with Crippen LogP contribution in [0.3, 0.4) is 0 Å². The Bertz CT molecular complexity index is 1090. The zero-order chi connectivity index (χ0) is 23.4. The third kappa shape index (κ3) is 5.78. The maximum atomic E-state index is 13.3. The average molecular weight is 492 g/mol. The lowest BCUT2D eigenvalue weighted by atomic mass is 10.1. The molecular weight excluding hydrogens is 462 g/mol. The van der Waals surface area contributed by atoms with Crippen molar-refractivity contribution in [2.75, 3.05) is 69.0 Å². The van der Waals surface area contributed by atoms with Crippen molar-refractivity contribution in [1.29, 1.82) is 0 Å². The fourth-order valence-corrected chi connectivity index (χ4v) is 5.37. The number of anilines is 2. The minimum atomic E-state index is -3.85. The Kier molecular flexibility index (Phi) is 7.43. The normalized spacial score (nSPS) is 18.1. The quantitative estimate of drug-likeness (QED) is 0.667. The van der Waals surface area contributed by atoms with Crippen molar-refractivity contribution in [1.82, 2.24) is 15.1 Å². The van der Waals surface area contributed by atoms with Crippen molar-refractivity contribution >= 4 is 38.9 Å². The van der Waals surface area contributed by atoms with Gasteiger partial charge in [0, 0.05) is 56.4 Å². The number of benzene rings is 2. The molecular formula is C23H30ClN5O3S. The Hall–Kier alpha value is -2.33. The summed E-state index contributed by atoms with van der Waals surface area (Å²) in [5, 5.41) is 3.77. The highest BCUT2D eigenvalue weighted by Crippen LogP contribution is 2.31. The number of nitrogens with one attached hydrogen (secondary N) is 2. The number of piperazine rings is 1. The molecule has 178 valence electrons. The Morgan fingerprint density at radius 2 is 1.70 bits per heavy atom. The summed E-state index contributed by atoms with van der Waals surface area (Å²) < 4.78 is 29.0. The molecule has 2 N–H and O–H groups in total. The van der Waals surface area contributed by atoms with E-state index in [1.807, 2.05) is 11.0 Å². The number of nitrogens with zero attached hydrogens (tertiary/aromatic N) is 3. The van der Waals surface area contributed by atoms with Gasteiger partial charge in [-0.05, 0) is 62.5 Å². The molecule has 0 bridgehead atoms. The largest absolute Gasteiger partial charge is 0.367 e. The Labute approximate surface area is 200 Å². The highest BCUT2D eigenvalue weighted by molar-refractivity contribution is 7.92. The van der Waals surface area contributed by atoms with Crippen molar-refractivity contribution in [3.05, 3.63) is 53.1 Å². The molecule has 2 aromatic carbocycles. The zero-order valence-electron chi connectivity index (χ0n) is 18.8. The number of amides is 1. The summed E-state index contributed by atoms with van der Waals surface area (Å²) in [6.07, 6.45) is 0.914. The molecule has 0 radical (unpaired) electrons. The molecule has 10 heteroatoms. The number of carbonyl (C=O) groups is 1. The zero-order valence-corrected chi connectivity index (χ0v) is 20.3. The molecule has 2 aliphatic rings. The first-order valence-electron chi connectivity index (χ1n) is 11.2. The molecule has 2 aliphatic heterocycles. The fraction of sp³-hybridized carbons (Fsp3) is 0.435. The van der Waals surface area contributed by atoms with Crippen LogP contribution in [0.15, 0.2) is 47.4 Å². The van der Waals surface area contributed by atoms with Gasteiger partial charge in [0.05, 0.1) is 16.3 Å². The summed E-state index contributed by atoms with van der Waals surface area (Å²) in [5.41, 5.74) is 1.65. The third-order valence-corrected chi connectivity index (χ3v) is 7.71. The summed E-state index contributed by atoms with van der Waals surface area (Å²) >= 11 is 5.93. The Morgan fingerprint density at radius 1 is 0.970 bits per heavy atom. The number of carbonyl (C=O) groups excluding carboxylic acids is 1. The van der Waals surface area contributed by atoms with E-state index in [1.54, 1.807) is 24.3 Å². The van der Waals surface area contributed by atoms with Crippen LogP contribution in [0.4, 0.5) is 11.4 Å².